The minimum atomic E-state index is -0.533. The van der Waals surface area contributed by atoms with Gasteiger partial charge in [-0.2, -0.15) is 10.4 Å². The van der Waals surface area contributed by atoms with Gasteiger partial charge in [0.15, 0.2) is 0 Å². The lowest BCUT2D eigenvalue weighted by Crippen LogP contribution is -2.16. The van der Waals surface area contributed by atoms with E-state index in [4.69, 9.17) is 4.74 Å². The molecule has 29 heavy (non-hydrogen) atoms. The summed E-state index contributed by atoms with van der Waals surface area (Å²) in [6, 6.07) is 16.6. The van der Waals surface area contributed by atoms with Gasteiger partial charge in [0, 0.05) is 15.6 Å². The van der Waals surface area contributed by atoms with Gasteiger partial charge in [-0.15, -0.1) is 0 Å². The Bertz CT molecular complexity index is 1120. The third-order valence-electron chi connectivity index (χ3n) is 3.89. The predicted octanol–water partition coefficient (Wildman–Crippen LogP) is 4.31. The van der Waals surface area contributed by atoms with Gasteiger partial charge >= 0.3 is 0 Å². The molecule has 0 spiro atoms. The quantitative estimate of drug-likeness (QED) is 0.411. The third kappa shape index (κ3) is 5.09. The Labute approximate surface area is 176 Å². The maximum absolute atomic E-state index is 12.3. The van der Waals surface area contributed by atoms with E-state index in [9.17, 15) is 10.1 Å². The van der Waals surface area contributed by atoms with E-state index < -0.39 is 5.56 Å². The number of halogens is 1. The van der Waals surface area contributed by atoms with Crippen molar-refractivity contribution in [1.82, 2.24) is 9.97 Å². The Morgan fingerprint density at radius 2 is 2.10 bits per heavy atom. The zero-order valence-electron chi connectivity index (χ0n) is 15.6. The second kappa shape index (κ2) is 9.66. The zero-order valence-corrected chi connectivity index (χ0v) is 17.2. The summed E-state index contributed by atoms with van der Waals surface area (Å²) >= 11 is 3.43. The summed E-state index contributed by atoms with van der Waals surface area (Å²) in [6.45, 7) is 2.63. The summed E-state index contributed by atoms with van der Waals surface area (Å²) in [4.78, 5) is 19.2. The van der Waals surface area contributed by atoms with Crippen LogP contribution in [-0.4, -0.2) is 22.8 Å². The van der Waals surface area contributed by atoms with Gasteiger partial charge < -0.3 is 4.74 Å². The van der Waals surface area contributed by atoms with E-state index in [0.717, 1.165) is 16.5 Å². The van der Waals surface area contributed by atoms with E-state index in [1.807, 2.05) is 49.4 Å². The van der Waals surface area contributed by atoms with E-state index in [2.05, 4.69) is 36.4 Å². The number of aromatic nitrogens is 2. The first-order valence-corrected chi connectivity index (χ1v) is 9.73. The largest absolute Gasteiger partial charge is 0.493 e. The minimum Gasteiger partial charge on any atom is -0.493 e. The lowest BCUT2D eigenvalue weighted by Gasteiger charge is -2.09. The van der Waals surface area contributed by atoms with Crippen molar-refractivity contribution in [1.29, 1.82) is 5.26 Å². The van der Waals surface area contributed by atoms with Crippen molar-refractivity contribution < 1.29 is 4.74 Å². The summed E-state index contributed by atoms with van der Waals surface area (Å²) in [7, 11) is 0. The molecule has 1 heterocycles. The van der Waals surface area contributed by atoms with Crippen molar-refractivity contribution in [2.45, 2.75) is 13.3 Å². The van der Waals surface area contributed by atoms with Crippen LogP contribution in [0.3, 0.4) is 0 Å². The number of benzene rings is 2. The molecule has 0 radical (unpaired) electrons. The molecule has 0 aliphatic heterocycles. The Morgan fingerprint density at radius 1 is 1.31 bits per heavy atom. The SMILES string of the molecule is CCCOc1cc(Br)ccc1C=NNc1nc(-c2ccccc2)c(C#N)c(=O)[nH]1. The van der Waals surface area contributed by atoms with Crippen molar-refractivity contribution in [2.24, 2.45) is 5.10 Å². The van der Waals surface area contributed by atoms with Gasteiger partial charge in [-0.1, -0.05) is 53.2 Å². The van der Waals surface area contributed by atoms with Crippen LogP contribution in [0.15, 0.2) is 62.9 Å². The second-order valence-corrected chi connectivity index (χ2v) is 6.93. The third-order valence-corrected chi connectivity index (χ3v) is 4.38. The fourth-order valence-electron chi connectivity index (χ4n) is 2.55. The van der Waals surface area contributed by atoms with Gasteiger partial charge in [0.1, 0.15) is 17.4 Å². The number of hydrogen-bond donors (Lipinski definition) is 2. The molecule has 2 aromatic carbocycles. The lowest BCUT2D eigenvalue weighted by molar-refractivity contribution is 0.317. The van der Waals surface area contributed by atoms with Crippen LogP contribution in [0.25, 0.3) is 11.3 Å². The molecule has 3 rings (SSSR count). The number of hydrazone groups is 1. The molecule has 3 aromatic rings. The van der Waals surface area contributed by atoms with E-state index >= 15 is 0 Å². The molecule has 1 aromatic heterocycles. The number of anilines is 1. The molecule has 0 fully saturated rings. The molecular weight excluding hydrogens is 434 g/mol. The van der Waals surface area contributed by atoms with Crippen LogP contribution in [0.1, 0.15) is 24.5 Å². The highest BCUT2D eigenvalue weighted by molar-refractivity contribution is 9.10. The van der Waals surface area contributed by atoms with Crippen LogP contribution in [0.4, 0.5) is 5.95 Å². The number of nitrogens with zero attached hydrogens (tertiary/aromatic N) is 3. The fraction of sp³-hybridized carbons (Fsp3) is 0.143. The molecule has 0 unspecified atom stereocenters. The lowest BCUT2D eigenvalue weighted by atomic mass is 10.1. The Balaban J connectivity index is 1.88. The highest BCUT2D eigenvalue weighted by Crippen LogP contribution is 2.23. The topological polar surface area (TPSA) is 103 Å². The molecule has 0 saturated heterocycles. The van der Waals surface area contributed by atoms with Crippen LogP contribution in [0, 0.1) is 11.3 Å². The second-order valence-electron chi connectivity index (χ2n) is 6.02. The first kappa shape index (κ1) is 20.3. The van der Waals surface area contributed by atoms with Crippen LogP contribution in [0.5, 0.6) is 5.75 Å². The number of hydrogen-bond acceptors (Lipinski definition) is 6. The molecule has 146 valence electrons. The first-order valence-electron chi connectivity index (χ1n) is 8.93. The number of nitriles is 1. The first-order chi connectivity index (χ1) is 14.1. The maximum atomic E-state index is 12.3. The summed E-state index contributed by atoms with van der Waals surface area (Å²) in [5, 5.41) is 13.5. The molecule has 8 heteroatoms. The molecular formula is C21H18BrN5O2. The number of nitrogens with one attached hydrogen (secondary N) is 2. The van der Waals surface area contributed by atoms with Crippen LogP contribution < -0.4 is 15.7 Å². The van der Waals surface area contributed by atoms with Crippen molar-refractivity contribution in [3.63, 3.8) is 0 Å². The molecule has 0 aliphatic carbocycles. The summed E-state index contributed by atoms with van der Waals surface area (Å²) < 4.78 is 6.64. The van der Waals surface area contributed by atoms with Gasteiger partial charge in [0.25, 0.3) is 5.56 Å². The Hall–Kier alpha value is -3.44. The van der Waals surface area contributed by atoms with Gasteiger partial charge in [-0.3, -0.25) is 9.78 Å². The van der Waals surface area contributed by atoms with Crippen LogP contribution >= 0.6 is 15.9 Å². The zero-order chi connectivity index (χ0) is 20.6. The molecule has 0 amide bonds. The van der Waals surface area contributed by atoms with Crippen LogP contribution in [0.2, 0.25) is 0 Å². The van der Waals surface area contributed by atoms with Gasteiger partial charge in [0.05, 0.1) is 18.5 Å². The van der Waals surface area contributed by atoms with E-state index in [1.165, 1.54) is 0 Å². The van der Waals surface area contributed by atoms with E-state index in [1.54, 1.807) is 18.3 Å². The van der Waals surface area contributed by atoms with Crippen molar-refractivity contribution in [3.05, 3.63) is 74.5 Å². The average Bonchev–Trinajstić information content (AvgIpc) is 2.73. The highest BCUT2D eigenvalue weighted by Gasteiger charge is 2.12. The summed E-state index contributed by atoms with van der Waals surface area (Å²) in [5.41, 5.74) is 3.88. The predicted molar refractivity (Wildman–Crippen MR) is 116 cm³/mol. The van der Waals surface area contributed by atoms with Crippen molar-refractivity contribution in [3.8, 4) is 23.1 Å². The summed E-state index contributed by atoms with van der Waals surface area (Å²) in [5.74, 6) is 0.829. The number of ether oxygens (including phenoxy) is 1. The molecule has 7 nitrogen and oxygen atoms in total. The van der Waals surface area contributed by atoms with E-state index in [-0.39, 0.29) is 11.5 Å². The summed E-state index contributed by atoms with van der Waals surface area (Å²) in [6.07, 6.45) is 2.47. The van der Waals surface area contributed by atoms with Gasteiger partial charge in [0.2, 0.25) is 5.95 Å². The molecule has 0 saturated carbocycles. The Morgan fingerprint density at radius 3 is 2.83 bits per heavy atom. The molecule has 0 atom stereocenters. The molecule has 2 N–H and O–H groups in total. The van der Waals surface area contributed by atoms with Gasteiger partial charge in [-0.25, -0.2) is 10.4 Å². The Kier molecular flexibility index (Phi) is 6.76. The van der Waals surface area contributed by atoms with Crippen molar-refractivity contribution >= 4 is 28.1 Å². The van der Waals surface area contributed by atoms with Crippen molar-refractivity contribution in [2.75, 3.05) is 12.0 Å². The maximum Gasteiger partial charge on any atom is 0.270 e. The average molecular weight is 452 g/mol. The van der Waals surface area contributed by atoms with Crippen LogP contribution in [-0.2, 0) is 0 Å². The van der Waals surface area contributed by atoms with Gasteiger partial charge in [-0.05, 0) is 24.6 Å². The highest BCUT2D eigenvalue weighted by atomic mass is 79.9. The monoisotopic (exact) mass is 451 g/mol. The molecule has 0 bridgehead atoms. The van der Waals surface area contributed by atoms with E-state index in [0.29, 0.717) is 23.6 Å². The smallest absolute Gasteiger partial charge is 0.270 e. The molecule has 0 aliphatic rings. The number of aromatic amines is 1. The number of H-pyrrole nitrogens is 1. The fourth-order valence-corrected chi connectivity index (χ4v) is 2.89. The number of rotatable bonds is 7. The normalized spacial score (nSPS) is 10.7. The minimum absolute atomic E-state index is 0.0473. The standard InChI is InChI=1S/C21H18BrN5O2/c1-2-10-29-18-11-16(22)9-8-15(18)13-24-27-21-25-19(14-6-4-3-5-7-14)17(12-23)20(28)26-21/h3-9,11,13H,2,10H2,1H3,(H2,25,26,27,28).